The van der Waals surface area contributed by atoms with E-state index >= 15 is 0 Å². The minimum atomic E-state index is -0.0182. The maximum Gasteiger partial charge on any atom is 0.160 e. The van der Waals surface area contributed by atoms with Gasteiger partial charge in [0.05, 0.1) is 12.1 Å². The zero-order valence-electron chi connectivity index (χ0n) is 12.8. The van der Waals surface area contributed by atoms with Crippen molar-refractivity contribution in [1.29, 1.82) is 0 Å². The number of rotatable bonds is 5. The summed E-state index contributed by atoms with van der Waals surface area (Å²) in [5.41, 5.74) is 2.29. The highest BCUT2D eigenvalue weighted by Gasteiger charge is 2.48. The van der Waals surface area contributed by atoms with Crippen molar-refractivity contribution in [3.63, 3.8) is 0 Å². The number of likely N-dealkylation sites (tertiary alicyclic amines) is 1. The molecule has 1 unspecified atom stereocenters. The molecule has 1 aliphatic carbocycles. The van der Waals surface area contributed by atoms with Crippen LogP contribution in [0.1, 0.15) is 52.9 Å². The third kappa shape index (κ3) is 2.38. The predicted octanol–water partition coefficient (Wildman–Crippen LogP) is 2.95. The number of hydrogen-bond donors (Lipinski definition) is 0. The van der Waals surface area contributed by atoms with Crippen LogP contribution in [0.3, 0.4) is 0 Å². The Balaban J connectivity index is 2.33. The second-order valence-electron chi connectivity index (χ2n) is 6.08. The van der Waals surface area contributed by atoms with Crippen LogP contribution >= 0.6 is 0 Å². The van der Waals surface area contributed by atoms with Crippen LogP contribution in [-0.2, 0) is 9.53 Å². The van der Waals surface area contributed by atoms with Crippen LogP contribution < -0.4 is 0 Å². The molecule has 2 rings (SSSR count). The quantitative estimate of drug-likeness (QED) is 0.765. The number of carbonyl (C=O) groups is 1. The van der Waals surface area contributed by atoms with E-state index in [1.54, 1.807) is 7.11 Å². The Bertz CT molecular complexity index is 388. The van der Waals surface area contributed by atoms with Gasteiger partial charge in [-0.2, -0.15) is 0 Å². The van der Waals surface area contributed by atoms with Gasteiger partial charge in [0.2, 0.25) is 0 Å². The third-order valence-corrected chi connectivity index (χ3v) is 5.08. The summed E-state index contributed by atoms with van der Waals surface area (Å²) in [6.07, 6.45) is 5.30. The van der Waals surface area contributed by atoms with Gasteiger partial charge in [0.1, 0.15) is 0 Å². The molecule has 108 valence electrons. The van der Waals surface area contributed by atoms with E-state index in [9.17, 15) is 4.79 Å². The maximum absolute atomic E-state index is 12.2. The average molecular weight is 265 g/mol. The molecule has 2 aliphatic rings. The molecule has 0 saturated carbocycles. The van der Waals surface area contributed by atoms with Crippen LogP contribution in [0.2, 0.25) is 0 Å². The lowest BCUT2D eigenvalue weighted by atomic mass is 9.84. The first-order valence-electron chi connectivity index (χ1n) is 7.53. The highest BCUT2D eigenvalue weighted by atomic mass is 16.5. The molecule has 0 aromatic heterocycles. The Labute approximate surface area is 117 Å². The van der Waals surface area contributed by atoms with Gasteiger partial charge in [0, 0.05) is 19.6 Å². The number of methoxy groups -OCH3 is 1. The van der Waals surface area contributed by atoms with Crippen molar-refractivity contribution in [2.45, 2.75) is 64.5 Å². The van der Waals surface area contributed by atoms with E-state index in [1.165, 1.54) is 18.4 Å². The van der Waals surface area contributed by atoms with Crippen molar-refractivity contribution in [2.24, 2.45) is 0 Å². The first-order valence-corrected chi connectivity index (χ1v) is 7.53. The zero-order valence-corrected chi connectivity index (χ0v) is 12.8. The zero-order chi connectivity index (χ0) is 14.0. The molecule has 2 atom stereocenters. The van der Waals surface area contributed by atoms with Gasteiger partial charge >= 0.3 is 0 Å². The largest absolute Gasteiger partial charge is 0.383 e. The van der Waals surface area contributed by atoms with Gasteiger partial charge in [0.25, 0.3) is 0 Å². The number of allylic oxidation sites excluding steroid dienone is 1. The molecular weight excluding hydrogens is 238 g/mol. The predicted molar refractivity (Wildman–Crippen MR) is 77.2 cm³/mol. The molecule has 3 heteroatoms. The van der Waals surface area contributed by atoms with Gasteiger partial charge in [-0.3, -0.25) is 9.69 Å². The van der Waals surface area contributed by atoms with Gasteiger partial charge in [-0.15, -0.1) is 0 Å². The van der Waals surface area contributed by atoms with Crippen molar-refractivity contribution >= 4 is 5.78 Å². The van der Waals surface area contributed by atoms with Crippen LogP contribution in [0.25, 0.3) is 0 Å². The minimum Gasteiger partial charge on any atom is -0.383 e. The summed E-state index contributed by atoms with van der Waals surface area (Å²) in [6, 6.07) is 0.477. The molecule has 0 aromatic rings. The molecule has 0 amide bonds. The topological polar surface area (TPSA) is 29.5 Å². The molecule has 0 radical (unpaired) electrons. The Morgan fingerprint density at radius 3 is 2.68 bits per heavy atom. The molecule has 1 heterocycles. The average Bonchev–Trinajstić information content (AvgIpc) is 2.92. The molecule has 3 nitrogen and oxygen atoms in total. The highest BCUT2D eigenvalue weighted by Crippen LogP contribution is 2.44. The normalized spacial score (nSPS) is 32.6. The Morgan fingerprint density at radius 2 is 2.16 bits per heavy atom. The van der Waals surface area contributed by atoms with E-state index in [4.69, 9.17) is 4.74 Å². The van der Waals surface area contributed by atoms with Gasteiger partial charge in [-0.25, -0.2) is 0 Å². The van der Waals surface area contributed by atoms with E-state index in [2.05, 4.69) is 18.7 Å². The summed E-state index contributed by atoms with van der Waals surface area (Å²) in [7, 11) is 1.77. The van der Waals surface area contributed by atoms with Crippen molar-refractivity contribution in [3.8, 4) is 0 Å². The molecule has 0 N–H and O–H groups in total. The van der Waals surface area contributed by atoms with E-state index < -0.39 is 0 Å². The summed E-state index contributed by atoms with van der Waals surface area (Å²) in [6.45, 7) is 8.26. The van der Waals surface area contributed by atoms with E-state index in [-0.39, 0.29) is 5.54 Å². The van der Waals surface area contributed by atoms with Crippen molar-refractivity contribution in [1.82, 2.24) is 4.90 Å². The lowest BCUT2D eigenvalue weighted by Crippen LogP contribution is -2.52. The molecule has 0 aromatic carbocycles. The molecule has 1 fully saturated rings. The van der Waals surface area contributed by atoms with Crippen LogP contribution in [0.5, 0.6) is 0 Å². The lowest BCUT2D eigenvalue weighted by molar-refractivity contribution is -0.116. The number of nitrogens with zero attached hydrogens (tertiary/aromatic N) is 1. The van der Waals surface area contributed by atoms with Gasteiger partial charge < -0.3 is 4.74 Å². The standard InChI is InChI=1S/C16H27NO2/c1-5-8-16(10-15(18)12(2)13(16)3)17-9-6-7-14(17)11-19-4/h14H,5-11H2,1-4H3/t14-,16?/m0/s1. The summed E-state index contributed by atoms with van der Waals surface area (Å²) < 4.78 is 5.38. The first-order chi connectivity index (χ1) is 9.06. The molecule has 1 aliphatic heterocycles. The van der Waals surface area contributed by atoms with E-state index in [0.29, 0.717) is 18.2 Å². The van der Waals surface area contributed by atoms with Crippen molar-refractivity contribution in [2.75, 3.05) is 20.3 Å². The Morgan fingerprint density at radius 1 is 1.42 bits per heavy atom. The van der Waals surface area contributed by atoms with Gasteiger partial charge in [-0.05, 0) is 50.8 Å². The summed E-state index contributed by atoms with van der Waals surface area (Å²) in [5.74, 6) is 0.342. The number of hydrogen-bond acceptors (Lipinski definition) is 3. The second-order valence-corrected chi connectivity index (χ2v) is 6.08. The number of Topliss-reactive ketones (excluding diaryl/α,β-unsaturated/α-hetero) is 1. The molecule has 19 heavy (non-hydrogen) atoms. The SMILES string of the molecule is CCCC1(N2CCC[C@H]2COC)CC(=O)C(C)=C1C. The fourth-order valence-corrected chi connectivity index (χ4v) is 4.00. The van der Waals surface area contributed by atoms with E-state index in [0.717, 1.165) is 31.6 Å². The van der Waals surface area contributed by atoms with Gasteiger partial charge in [0.15, 0.2) is 5.78 Å². The summed E-state index contributed by atoms with van der Waals surface area (Å²) >= 11 is 0. The smallest absolute Gasteiger partial charge is 0.160 e. The monoisotopic (exact) mass is 265 g/mol. The van der Waals surface area contributed by atoms with E-state index in [1.807, 2.05) is 6.92 Å². The fourth-order valence-electron chi connectivity index (χ4n) is 4.00. The summed E-state index contributed by atoms with van der Waals surface area (Å²) in [4.78, 5) is 14.8. The highest BCUT2D eigenvalue weighted by molar-refractivity contribution is 6.00. The van der Waals surface area contributed by atoms with Crippen LogP contribution in [-0.4, -0.2) is 42.5 Å². The second kappa shape index (κ2) is 5.76. The molecule has 1 saturated heterocycles. The first kappa shape index (κ1) is 14.7. The van der Waals surface area contributed by atoms with Crippen LogP contribution in [0, 0.1) is 0 Å². The minimum absolute atomic E-state index is 0.0182. The summed E-state index contributed by atoms with van der Waals surface area (Å²) in [5, 5.41) is 0. The maximum atomic E-state index is 12.2. The fraction of sp³-hybridized carbons (Fsp3) is 0.812. The van der Waals surface area contributed by atoms with Crippen LogP contribution in [0.4, 0.5) is 0 Å². The Kier molecular flexibility index (Phi) is 4.46. The van der Waals surface area contributed by atoms with Crippen molar-refractivity contribution < 1.29 is 9.53 Å². The number of ketones is 1. The van der Waals surface area contributed by atoms with Crippen molar-refractivity contribution in [3.05, 3.63) is 11.1 Å². The number of ether oxygens (including phenoxy) is 1. The third-order valence-electron chi connectivity index (χ3n) is 5.08. The van der Waals surface area contributed by atoms with Gasteiger partial charge in [-0.1, -0.05) is 13.3 Å². The lowest BCUT2D eigenvalue weighted by Gasteiger charge is -2.43. The molecular formula is C16H27NO2. The molecule has 0 bridgehead atoms. The number of carbonyl (C=O) groups excluding carboxylic acids is 1. The molecule has 0 spiro atoms. The Hall–Kier alpha value is -0.670. The van der Waals surface area contributed by atoms with Crippen LogP contribution in [0.15, 0.2) is 11.1 Å².